The molecule has 0 aromatic heterocycles. The van der Waals surface area contributed by atoms with Crippen molar-refractivity contribution in [3.8, 4) is 0 Å². The highest BCUT2D eigenvalue weighted by molar-refractivity contribution is 9.10. The molecule has 0 unspecified atom stereocenters. The van der Waals surface area contributed by atoms with Gasteiger partial charge in [-0.2, -0.15) is 0 Å². The second-order valence-corrected chi connectivity index (χ2v) is 4.51. The van der Waals surface area contributed by atoms with Gasteiger partial charge < -0.3 is 0 Å². The van der Waals surface area contributed by atoms with E-state index in [-0.39, 0.29) is 5.82 Å². The van der Waals surface area contributed by atoms with Crippen LogP contribution in [-0.2, 0) is 6.54 Å². The number of rotatable bonds is 4. The molecule has 0 bridgehead atoms. The number of hydrogen-bond acceptors (Lipinski definition) is 1. The minimum Gasteiger partial charge on any atom is -0.300 e. The van der Waals surface area contributed by atoms with Crippen molar-refractivity contribution in [1.29, 1.82) is 0 Å². The van der Waals surface area contributed by atoms with Crippen LogP contribution in [0.5, 0.6) is 0 Å². The summed E-state index contributed by atoms with van der Waals surface area (Å²) in [5, 5.41) is 0. The second kappa shape index (κ2) is 5.61. The smallest absolute Gasteiger partial charge is 0.126 e. The number of halogens is 2. The van der Waals surface area contributed by atoms with Gasteiger partial charge >= 0.3 is 0 Å². The predicted molar refractivity (Wildman–Crippen MR) is 65.5 cm³/mol. The first kappa shape index (κ1) is 12.7. The molecule has 1 aromatic rings. The van der Waals surface area contributed by atoms with Crippen molar-refractivity contribution in [2.24, 2.45) is 0 Å². The predicted octanol–water partition coefficient (Wildman–Crippen LogP) is 3.74. The third-order valence-electron chi connectivity index (χ3n) is 2.62. The number of hydrogen-bond donors (Lipinski definition) is 0. The first-order valence-electron chi connectivity index (χ1n) is 5.25. The normalized spacial score (nSPS) is 11.1. The lowest BCUT2D eigenvalue weighted by Crippen LogP contribution is -2.22. The zero-order valence-electron chi connectivity index (χ0n) is 9.48. The molecule has 0 fully saturated rings. The van der Waals surface area contributed by atoms with Crippen molar-refractivity contribution in [3.05, 3.63) is 33.5 Å². The molecule has 1 rings (SSSR count). The molecule has 0 N–H and O–H groups in total. The molecule has 3 heteroatoms. The van der Waals surface area contributed by atoms with Crippen molar-refractivity contribution >= 4 is 15.9 Å². The Morgan fingerprint density at radius 2 is 1.87 bits per heavy atom. The average Bonchev–Trinajstić information content (AvgIpc) is 2.21. The Bertz CT molecular complexity index is 335. The van der Waals surface area contributed by atoms with Gasteiger partial charge in [-0.05, 0) is 43.3 Å². The summed E-state index contributed by atoms with van der Waals surface area (Å²) in [4.78, 5) is 2.26. The highest BCUT2D eigenvalue weighted by Gasteiger charge is 2.08. The summed E-state index contributed by atoms with van der Waals surface area (Å²) in [7, 11) is 0. The highest BCUT2D eigenvalue weighted by atomic mass is 79.9. The largest absolute Gasteiger partial charge is 0.300 e. The lowest BCUT2D eigenvalue weighted by molar-refractivity contribution is 0.295. The van der Waals surface area contributed by atoms with E-state index in [4.69, 9.17) is 0 Å². The van der Waals surface area contributed by atoms with Crippen LogP contribution >= 0.6 is 15.9 Å². The van der Waals surface area contributed by atoms with Gasteiger partial charge in [-0.3, -0.25) is 4.90 Å². The van der Waals surface area contributed by atoms with Crippen LogP contribution in [0.3, 0.4) is 0 Å². The molecule has 0 spiro atoms. The lowest BCUT2D eigenvalue weighted by atomic mass is 10.1. The van der Waals surface area contributed by atoms with E-state index in [1.54, 1.807) is 13.0 Å². The monoisotopic (exact) mass is 273 g/mol. The van der Waals surface area contributed by atoms with E-state index in [1.807, 2.05) is 6.07 Å². The zero-order chi connectivity index (χ0) is 11.4. The first-order chi connectivity index (χ1) is 7.08. The Morgan fingerprint density at radius 1 is 1.27 bits per heavy atom. The first-order valence-corrected chi connectivity index (χ1v) is 6.04. The van der Waals surface area contributed by atoms with Crippen LogP contribution in [0.4, 0.5) is 4.39 Å². The van der Waals surface area contributed by atoms with Crippen LogP contribution in [0, 0.1) is 12.7 Å². The Morgan fingerprint density at radius 3 is 2.40 bits per heavy atom. The molecule has 0 aliphatic heterocycles. The molecule has 0 aliphatic carbocycles. The van der Waals surface area contributed by atoms with Gasteiger partial charge in [-0.15, -0.1) is 0 Å². The zero-order valence-corrected chi connectivity index (χ0v) is 11.1. The summed E-state index contributed by atoms with van der Waals surface area (Å²) < 4.78 is 14.4. The molecule has 0 aliphatic rings. The van der Waals surface area contributed by atoms with Gasteiger partial charge in [0.1, 0.15) is 5.82 Å². The fraction of sp³-hybridized carbons (Fsp3) is 0.500. The highest BCUT2D eigenvalue weighted by Crippen LogP contribution is 2.22. The van der Waals surface area contributed by atoms with E-state index in [0.29, 0.717) is 5.56 Å². The van der Waals surface area contributed by atoms with Gasteiger partial charge in [0.25, 0.3) is 0 Å². The fourth-order valence-corrected chi connectivity index (χ4v) is 2.08. The Hall–Kier alpha value is -0.410. The fourth-order valence-electron chi connectivity index (χ4n) is 1.50. The summed E-state index contributed by atoms with van der Waals surface area (Å²) in [6.45, 7) is 8.77. The van der Waals surface area contributed by atoms with Crippen LogP contribution in [0.25, 0.3) is 0 Å². The summed E-state index contributed by atoms with van der Waals surface area (Å²) in [6.07, 6.45) is 0. The number of benzene rings is 1. The molecule has 15 heavy (non-hydrogen) atoms. The Balaban J connectivity index is 2.89. The maximum absolute atomic E-state index is 13.4. The molecule has 1 nitrogen and oxygen atoms in total. The van der Waals surface area contributed by atoms with Gasteiger partial charge in [0.05, 0.1) is 0 Å². The minimum absolute atomic E-state index is 0.125. The van der Waals surface area contributed by atoms with E-state index >= 15 is 0 Å². The van der Waals surface area contributed by atoms with Crippen LogP contribution in [-0.4, -0.2) is 18.0 Å². The minimum atomic E-state index is -0.125. The molecule has 0 atom stereocenters. The van der Waals surface area contributed by atoms with Crippen molar-refractivity contribution < 1.29 is 4.39 Å². The SMILES string of the molecule is CCN(CC)Cc1cc(F)c(C)cc1Br. The van der Waals surface area contributed by atoms with Crippen molar-refractivity contribution in [1.82, 2.24) is 4.90 Å². The van der Waals surface area contributed by atoms with Gasteiger partial charge in [-0.1, -0.05) is 29.8 Å². The van der Waals surface area contributed by atoms with Gasteiger partial charge in [-0.25, -0.2) is 4.39 Å². The Kier molecular flexibility index (Phi) is 4.74. The molecule has 0 saturated carbocycles. The van der Waals surface area contributed by atoms with E-state index in [2.05, 4.69) is 34.7 Å². The quantitative estimate of drug-likeness (QED) is 0.808. The van der Waals surface area contributed by atoms with Gasteiger partial charge in [0.15, 0.2) is 0 Å². The molecular weight excluding hydrogens is 257 g/mol. The third-order valence-corrected chi connectivity index (χ3v) is 3.35. The van der Waals surface area contributed by atoms with Crippen LogP contribution in [0.15, 0.2) is 16.6 Å². The van der Waals surface area contributed by atoms with E-state index < -0.39 is 0 Å². The molecule has 0 saturated heterocycles. The second-order valence-electron chi connectivity index (χ2n) is 3.65. The number of aryl methyl sites for hydroxylation is 1. The van der Waals surface area contributed by atoms with Crippen molar-refractivity contribution in [3.63, 3.8) is 0 Å². The Labute approximate surface area is 99.4 Å². The molecule has 84 valence electrons. The van der Waals surface area contributed by atoms with Crippen molar-refractivity contribution in [2.75, 3.05) is 13.1 Å². The molecule has 1 aromatic carbocycles. The topological polar surface area (TPSA) is 3.24 Å². The summed E-state index contributed by atoms with van der Waals surface area (Å²) in [5.74, 6) is -0.125. The summed E-state index contributed by atoms with van der Waals surface area (Å²) >= 11 is 3.47. The molecule has 0 radical (unpaired) electrons. The van der Waals surface area contributed by atoms with Crippen LogP contribution < -0.4 is 0 Å². The number of nitrogens with zero attached hydrogens (tertiary/aromatic N) is 1. The van der Waals surface area contributed by atoms with Crippen LogP contribution in [0.2, 0.25) is 0 Å². The van der Waals surface area contributed by atoms with Crippen LogP contribution in [0.1, 0.15) is 25.0 Å². The molecule has 0 amide bonds. The van der Waals surface area contributed by atoms with Gasteiger partial charge in [0, 0.05) is 11.0 Å². The summed E-state index contributed by atoms with van der Waals surface area (Å²) in [5.41, 5.74) is 1.70. The van der Waals surface area contributed by atoms with Gasteiger partial charge in [0.2, 0.25) is 0 Å². The third kappa shape index (κ3) is 3.28. The van der Waals surface area contributed by atoms with E-state index in [0.717, 1.165) is 29.7 Å². The summed E-state index contributed by atoms with van der Waals surface area (Å²) in [6, 6.07) is 3.46. The maximum Gasteiger partial charge on any atom is 0.126 e. The van der Waals surface area contributed by atoms with E-state index in [1.165, 1.54) is 0 Å². The molecule has 0 heterocycles. The standard InChI is InChI=1S/C12H17BrFN/c1-4-15(5-2)8-10-7-12(14)9(3)6-11(10)13/h6-7H,4-5,8H2,1-3H3. The maximum atomic E-state index is 13.4. The average molecular weight is 274 g/mol. The lowest BCUT2D eigenvalue weighted by Gasteiger charge is -2.19. The van der Waals surface area contributed by atoms with Crippen molar-refractivity contribution in [2.45, 2.75) is 27.3 Å². The van der Waals surface area contributed by atoms with E-state index in [9.17, 15) is 4.39 Å². The molecular formula is C12H17BrFN.